The molecule has 1 aliphatic rings. The zero-order valence-electron chi connectivity index (χ0n) is 14.1. The van der Waals surface area contributed by atoms with E-state index in [2.05, 4.69) is 29.2 Å². The first-order valence-corrected chi connectivity index (χ1v) is 8.55. The van der Waals surface area contributed by atoms with Crippen molar-refractivity contribution in [3.8, 4) is 0 Å². The Hall–Kier alpha value is -2.24. The maximum absolute atomic E-state index is 13.5. The molecule has 3 rings (SSSR count). The Bertz CT molecular complexity index is 733. The molecule has 5 heteroatoms. The average Bonchev–Trinajstić information content (AvgIpc) is 3.01. The van der Waals surface area contributed by atoms with Crippen molar-refractivity contribution >= 4 is 5.97 Å². The number of nitrogens with two attached hydrogens (primary N) is 1. The summed E-state index contributed by atoms with van der Waals surface area (Å²) in [6.07, 6.45) is 0.854. The van der Waals surface area contributed by atoms with Crippen LogP contribution in [0, 0.1) is 11.7 Å². The van der Waals surface area contributed by atoms with E-state index >= 15 is 0 Å². The minimum atomic E-state index is -0.824. The van der Waals surface area contributed by atoms with E-state index in [0.717, 1.165) is 17.5 Å². The topological polar surface area (TPSA) is 66.6 Å². The summed E-state index contributed by atoms with van der Waals surface area (Å²) in [6.45, 7) is 2.41. The van der Waals surface area contributed by atoms with Crippen LogP contribution in [0.25, 0.3) is 0 Å². The molecule has 2 aromatic carbocycles. The third kappa shape index (κ3) is 4.24. The van der Waals surface area contributed by atoms with E-state index in [4.69, 9.17) is 5.73 Å². The second-order valence-corrected chi connectivity index (χ2v) is 6.66. The molecule has 25 heavy (non-hydrogen) atoms. The summed E-state index contributed by atoms with van der Waals surface area (Å²) in [5, 5.41) is 9.56. The highest BCUT2D eigenvalue weighted by molar-refractivity contribution is 5.72. The van der Waals surface area contributed by atoms with Gasteiger partial charge in [0, 0.05) is 25.6 Å². The number of carboxylic acids is 1. The molecular weight excluding hydrogens is 319 g/mol. The van der Waals surface area contributed by atoms with E-state index in [-0.39, 0.29) is 11.7 Å². The molecule has 0 unspecified atom stereocenters. The zero-order valence-corrected chi connectivity index (χ0v) is 14.1. The summed E-state index contributed by atoms with van der Waals surface area (Å²) in [5.41, 5.74) is 8.67. The van der Waals surface area contributed by atoms with Crippen molar-refractivity contribution in [3.63, 3.8) is 0 Å². The van der Waals surface area contributed by atoms with Gasteiger partial charge in [-0.15, -0.1) is 0 Å². The number of aliphatic carboxylic acids is 1. The van der Waals surface area contributed by atoms with Crippen LogP contribution >= 0.6 is 0 Å². The van der Waals surface area contributed by atoms with Gasteiger partial charge in [-0.25, -0.2) is 4.39 Å². The van der Waals surface area contributed by atoms with E-state index < -0.39 is 11.9 Å². The molecule has 0 aliphatic carbocycles. The molecule has 3 N–H and O–H groups in total. The fourth-order valence-corrected chi connectivity index (χ4v) is 3.58. The SMILES string of the molecule is NCCc1ccc(CN2C[C@H](C(=O)O)[C@@H](c3cccc(F)c3)C2)cc1. The predicted molar refractivity (Wildman–Crippen MR) is 94.7 cm³/mol. The number of hydrogen-bond acceptors (Lipinski definition) is 3. The zero-order chi connectivity index (χ0) is 17.8. The summed E-state index contributed by atoms with van der Waals surface area (Å²) in [6, 6.07) is 14.6. The lowest BCUT2D eigenvalue weighted by Gasteiger charge is -2.16. The van der Waals surface area contributed by atoms with E-state index in [9.17, 15) is 14.3 Å². The standard InChI is InChI=1S/C20H23FN2O2/c21-17-3-1-2-16(10-17)18-12-23(13-19(18)20(24)25)11-15-6-4-14(5-7-15)8-9-22/h1-7,10,18-19H,8-9,11-13,22H2,(H,24,25)/t18-,19+/m1/s1. The van der Waals surface area contributed by atoms with Crippen LogP contribution in [-0.2, 0) is 17.8 Å². The van der Waals surface area contributed by atoms with Crippen LogP contribution in [0.4, 0.5) is 4.39 Å². The van der Waals surface area contributed by atoms with Crippen molar-refractivity contribution in [2.45, 2.75) is 18.9 Å². The van der Waals surface area contributed by atoms with E-state index in [0.29, 0.717) is 26.2 Å². The van der Waals surface area contributed by atoms with Gasteiger partial charge in [-0.2, -0.15) is 0 Å². The largest absolute Gasteiger partial charge is 0.481 e. The number of carboxylic acid groups (broad SMARTS) is 1. The Morgan fingerprint density at radius 2 is 1.88 bits per heavy atom. The molecule has 0 saturated carbocycles. The number of likely N-dealkylation sites (tertiary alicyclic amines) is 1. The second kappa shape index (κ2) is 7.76. The van der Waals surface area contributed by atoms with Crippen LogP contribution in [0.1, 0.15) is 22.6 Å². The lowest BCUT2D eigenvalue weighted by Crippen LogP contribution is -2.23. The third-order valence-corrected chi connectivity index (χ3v) is 4.85. The minimum Gasteiger partial charge on any atom is -0.481 e. The maximum Gasteiger partial charge on any atom is 0.308 e. The number of carbonyl (C=O) groups is 1. The van der Waals surface area contributed by atoms with E-state index in [1.54, 1.807) is 6.07 Å². The predicted octanol–water partition coefficient (Wildman–Crippen LogP) is 2.63. The first kappa shape index (κ1) is 17.6. The first-order chi connectivity index (χ1) is 12.1. The van der Waals surface area contributed by atoms with Gasteiger partial charge in [-0.05, 0) is 41.8 Å². The van der Waals surface area contributed by atoms with Crippen molar-refractivity contribution in [1.29, 1.82) is 0 Å². The molecule has 0 bridgehead atoms. The number of halogens is 1. The van der Waals surface area contributed by atoms with Gasteiger partial charge >= 0.3 is 5.97 Å². The van der Waals surface area contributed by atoms with Gasteiger partial charge in [-0.1, -0.05) is 36.4 Å². The smallest absolute Gasteiger partial charge is 0.308 e. The summed E-state index contributed by atoms with van der Waals surface area (Å²) in [7, 11) is 0. The summed E-state index contributed by atoms with van der Waals surface area (Å²) >= 11 is 0. The monoisotopic (exact) mass is 342 g/mol. The molecular formula is C20H23FN2O2. The molecule has 0 radical (unpaired) electrons. The average molecular weight is 342 g/mol. The summed E-state index contributed by atoms with van der Waals surface area (Å²) in [4.78, 5) is 13.8. The van der Waals surface area contributed by atoms with Gasteiger partial charge in [-0.3, -0.25) is 9.69 Å². The number of rotatable bonds is 6. The van der Waals surface area contributed by atoms with E-state index in [1.165, 1.54) is 17.7 Å². The molecule has 1 heterocycles. The lowest BCUT2D eigenvalue weighted by atomic mass is 9.89. The molecule has 0 spiro atoms. The molecule has 132 valence electrons. The van der Waals surface area contributed by atoms with E-state index in [1.807, 2.05) is 6.07 Å². The Morgan fingerprint density at radius 3 is 2.52 bits per heavy atom. The van der Waals surface area contributed by atoms with Crippen LogP contribution < -0.4 is 5.73 Å². The quantitative estimate of drug-likeness (QED) is 0.847. The Labute approximate surface area is 147 Å². The number of nitrogens with zero attached hydrogens (tertiary/aromatic N) is 1. The molecule has 2 atom stereocenters. The van der Waals surface area contributed by atoms with Gasteiger partial charge in [0.2, 0.25) is 0 Å². The normalized spacial score (nSPS) is 20.7. The van der Waals surface area contributed by atoms with Crippen LogP contribution in [0.5, 0.6) is 0 Å². The number of benzene rings is 2. The molecule has 2 aromatic rings. The molecule has 1 saturated heterocycles. The fraction of sp³-hybridized carbons (Fsp3) is 0.350. The van der Waals surface area contributed by atoms with Crippen LogP contribution in [-0.4, -0.2) is 35.6 Å². The fourth-order valence-electron chi connectivity index (χ4n) is 3.58. The van der Waals surface area contributed by atoms with Crippen molar-refractivity contribution in [3.05, 3.63) is 71.0 Å². The van der Waals surface area contributed by atoms with Crippen molar-refractivity contribution in [1.82, 2.24) is 4.90 Å². The minimum absolute atomic E-state index is 0.190. The van der Waals surface area contributed by atoms with Crippen molar-refractivity contribution in [2.24, 2.45) is 11.7 Å². The van der Waals surface area contributed by atoms with Crippen molar-refractivity contribution in [2.75, 3.05) is 19.6 Å². The first-order valence-electron chi connectivity index (χ1n) is 8.55. The van der Waals surface area contributed by atoms with Crippen LogP contribution in [0.3, 0.4) is 0 Å². The highest BCUT2D eigenvalue weighted by Crippen LogP contribution is 2.34. The third-order valence-electron chi connectivity index (χ3n) is 4.85. The molecule has 1 fully saturated rings. The van der Waals surface area contributed by atoms with Crippen molar-refractivity contribution < 1.29 is 14.3 Å². The molecule has 0 amide bonds. The highest BCUT2D eigenvalue weighted by atomic mass is 19.1. The van der Waals surface area contributed by atoms with Gasteiger partial charge in [0.05, 0.1) is 5.92 Å². The highest BCUT2D eigenvalue weighted by Gasteiger charge is 2.38. The summed E-state index contributed by atoms with van der Waals surface area (Å²) < 4.78 is 13.5. The summed E-state index contributed by atoms with van der Waals surface area (Å²) in [5.74, 6) is -1.85. The maximum atomic E-state index is 13.5. The van der Waals surface area contributed by atoms with Crippen LogP contribution in [0.2, 0.25) is 0 Å². The Kier molecular flexibility index (Phi) is 5.46. The lowest BCUT2D eigenvalue weighted by molar-refractivity contribution is -0.141. The van der Waals surface area contributed by atoms with Crippen LogP contribution in [0.15, 0.2) is 48.5 Å². The Balaban J connectivity index is 1.72. The second-order valence-electron chi connectivity index (χ2n) is 6.66. The number of hydrogen-bond donors (Lipinski definition) is 2. The van der Waals surface area contributed by atoms with Gasteiger partial charge in [0.1, 0.15) is 5.82 Å². The Morgan fingerprint density at radius 1 is 1.16 bits per heavy atom. The van der Waals surface area contributed by atoms with Gasteiger partial charge in [0.15, 0.2) is 0 Å². The molecule has 0 aromatic heterocycles. The molecule has 1 aliphatic heterocycles. The van der Waals surface area contributed by atoms with Gasteiger partial charge < -0.3 is 10.8 Å². The molecule has 4 nitrogen and oxygen atoms in total. The van der Waals surface area contributed by atoms with Gasteiger partial charge in [0.25, 0.3) is 0 Å².